The fourth-order valence-electron chi connectivity index (χ4n) is 4.27. The molecule has 4 rings (SSSR count). The molecule has 0 amide bonds. The molecule has 0 radical (unpaired) electrons. The maximum absolute atomic E-state index is 14.2. The molecular formula is C21H24F2N2O. The van der Waals surface area contributed by atoms with E-state index in [1.165, 1.54) is 17.7 Å². The Bertz CT molecular complexity index is 782. The van der Waals surface area contributed by atoms with Gasteiger partial charge in [-0.1, -0.05) is 24.3 Å². The van der Waals surface area contributed by atoms with Gasteiger partial charge in [0.15, 0.2) is 11.6 Å². The first-order valence-corrected chi connectivity index (χ1v) is 9.31. The monoisotopic (exact) mass is 358 g/mol. The summed E-state index contributed by atoms with van der Waals surface area (Å²) >= 11 is 0. The Morgan fingerprint density at radius 3 is 2.73 bits per heavy atom. The third-order valence-corrected chi connectivity index (χ3v) is 5.53. The molecule has 5 heteroatoms. The third-order valence-electron chi connectivity index (χ3n) is 5.53. The van der Waals surface area contributed by atoms with Gasteiger partial charge in [0.1, 0.15) is 11.9 Å². The van der Waals surface area contributed by atoms with Crippen LogP contribution in [0.25, 0.3) is 0 Å². The lowest BCUT2D eigenvalue weighted by atomic mass is 9.84. The van der Waals surface area contributed by atoms with Gasteiger partial charge in [-0.15, -0.1) is 0 Å². The summed E-state index contributed by atoms with van der Waals surface area (Å²) in [6.07, 6.45) is 3.73. The molecule has 0 bridgehead atoms. The molecule has 138 valence electrons. The van der Waals surface area contributed by atoms with E-state index in [1.807, 2.05) is 12.1 Å². The van der Waals surface area contributed by atoms with E-state index in [2.05, 4.69) is 17.0 Å². The van der Waals surface area contributed by atoms with E-state index in [9.17, 15) is 8.78 Å². The third kappa shape index (κ3) is 3.46. The Morgan fingerprint density at radius 2 is 1.92 bits per heavy atom. The topological polar surface area (TPSA) is 38.5 Å². The summed E-state index contributed by atoms with van der Waals surface area (Å²) in [7, 11) is 0. The lowest BCUT2D eigenvalue weighted by molar-refractivity contribution is 0.0346. The summed E-state index contributed by atoms with van der Waals surface area (Å²) in [5.41, 5.74) is 8.50. The molecule has 0 spiro atoms. The Kier molecular flexibility index (Phi) is 4.92. The molecule has 1 aliphatic carbocycles. The molecular weight excluding hydrogens is 334 g/mol. The Balaban J connectivity index is 1.67. The molecule has 2 aliphatic rings. The summed E-state index contributed by atoms with van der Waals surface area (Å²) in [5, 5.41) is 0. The second kappa shape index (κ2) is 7.33. The number of fused-ring (bicyclic) bond motifs is 1. The normalized spacial score (nSPS) is 26.3. The fraction of sp³-hybridized carbons (Fsp3) is 0.429. The van der Waals surface area contributed by atoms with Crippen LogP contribution in [0.3, 0.4) is 0 Å². The number of rotatable bonds is 3. The average molecular weight is 358 g/mol. The van der Waals surface area contributed by atoms with Crippen LogP contribution >= 0.6 is 0 Å². The van der Waals surface area contributed by atoms with Crippen LogP contribution in [0.1, 0.15) is 36.5 Å². The van der Waals surface area contributed by atoms with Gasteiger partial charge >= 0.3 is 0 Å². The first kappa shape index (κ1) is 17.4. The van der Waals surface area contributed by atoms with Crippen LogP contribution in [0.2, 0.25) is 0 Å². The molecule has 0 aromatic heterocycles. The van der Waals surface area contributed by atoms with Gasteiger partial charge < -0.3 is 10.5 Å². The highest BCUT2D eigenvalue weighted by Gasteiger charge is 2.37. The van der Waals surface area contributed by atoms with Gasteiger partial charge in [0.05, 0.1) is 6.04 Å². The summed E-state index contributed by atoms with van der Waals surface area (Å²) in [6, 6.07) is 12.0. The van der Waals surface area contributed by atoms with E-state index in [1.54, 1.807) is 0 Å². The standard InChI is InChI=1S/C21H24F2N2O/c22-15-8-10-20(18(23)12-15)26-21-17-6-2-1-4-14(17)7-9-19(21)25-11-3-5-16(24)13-25/h1-2,4,6,8,10,12,16,19,21H,3,5,7,9,11,13,24H2/t16-,19?,21?/m1/s1. The zero-order valence-electron chi connectivity index (χ0n) is 14.7. The molecule has 1 fully saturated rings. The summed E-state index contributed by atoms with van der Waals surface area (Å²) < 4.78 is 33.6. The maximum atomic E-state index is 14.2. The second-order valence-electron chi connectivity index (χ2n) is 7.32. The zero-order chi connectivity index (χ0) is 18.1. The van der Waals surface area contributed by atoms with Crippen LogP contribution in [0.5, 0.6) is 5.75 Å². The number of nitrogens with two attached hydrogens (primary N) is 1. The van der Waals surface area contributed by atoms with Crippen molar-refractivity contribution in [3.8, 4) is 5.75 Å². The molecule has 2 N–H and O–H groups in total. The van der Waals surface area contributed by atoms with Gasteiger partial charge in [0, 0.05) is 18.7 Å². The lowest BCUT2D eigenvalue weighted by Gasteiger charge is -2.43. The highest BCUT2D eigenvalue weighted by atomic mass is 19.1. The van der Waals surface area contributed by atoms with Crippen LogP contribution in [-0.2, 0) is 6.42 Å². The quantitative estimate of drug-likeness (QED) is 0.906. The van der Waals surface area contributed by atoms with E-state index in [-0.39, 0.29) is 23.9 Å². The number of likely N-dealkylation sites (tertiary alicyclic amines) is 1. The SMILES string of the molecule is N[C@@H]1CCCN(C2CCc3ccccc3C2Oc2ccc(F)cc2F)C1. The smallest absolute Gasteiger partial charge is 0.168 e. The number of piperidine rings is 1. The predicted molar refractivity (Wildman–Crippen MR) is 97.1 cm³/mol. The largest absolute Gasteiger partial charge is 0.481 e. The summed E-state index contributed by atoms with van der Waals surface area (Å²) in [4.78, 5) is 2.39. The van der Waals surface area contributed by atoms with Gasteiger partial charge in [-0.25, -0.2) is 8.78 Å². The minimum absolute atomic E-state index is 0.0967. The number of ether oxygens (including phenoxy) is 1. The first-order valence-electron chi connectivity index (χ1n) is 9.31. The molecule has 26 heavy (non-hydrogen) atoms. The Morgan fingerprint density at radius 1 is 1.08 bits per heavy atom. The molecule has 2 unspecified atom stereocenters. The van der Waals surface area contributed by atoms with E-state index >= 15 is 0 Å². The van der Waals surface area contributed by atoms with Gasteiger partial charge in [0.2, 0.25) is 0 Å². The van der Waals surface area contributed by atoms with Crippen LogP contribution in [0.15, 0.2) is 42.5 Å². The van der Waals surface area contributed by atoms with E-state index in [4.69, 9.17) is 10.5 Å². The zero-order valence-corrected chi connectivity index (χ0v) is 14.7. The number of benzene rings is 2. The van der Waals surface area contributed by atoms with Gasteiger partial charge in [0.25, 0.3) is 0 Å². The minimum atomic E-state index is -0.665. The molecule has 2 aromatic carbocycles. The number of hydrogen-bond acceptors (Lipinski definition) is 3. The van der Waals surface area contributed by atoms with Crippen LogP contribution in [0, 0.1) is 11.6 Å². The summed E-state index contributed by atoms with van der Waals surface area (Å²) in [5.74, 6) is -1.17. The fourth-order valence-corrected chi connectivity index (χ4v) is 4.27. The lowest BCUT2D eigenvalue weighted by Crippen LogP contribution is -2.51. The van der Waals surface area contributed by atoms with Crippen molar-refractivity contribution in [3.05, 3.63) is 65.2 Å². The van der Waals surface area contributed by atoms with Crippen molar-refractivity contribution >= 4 is 0 Å². The molecule has 3 atom stereocenters. The van der Waals surface area contributed by atoms with E-state index in [0.717, 1.165) is 50.4 Å². The Hall–Kier alpha value is -1.98. The van der Waals surface area contributed by atoms with E-state index in [0.29, 0.717) is 0 Å². The number of aryl methyl sites for hydroxylation is 1. The van der Waals surface area contributed by atoms with Crippen molar-refractivity contribution in [2.45, 2.75) is 43.9 Å². The summed E-state index contributed by atoms with van der Waals surface area (Å²) in [6.45, 7) is 1.81. The first-order chi connectivity index (χ1) is 12.6. The van der Waals surface area contributed by atoms with Crippen LogP contribution < -0.4 is 10.5 Å². The van der Waals surface area contributed by atoms with Crippen molar-refractivity contribution < 1.29 is 13.5 Å². The molecule has 0 saturated carbocycles. The van der Waals surface area contributed by atoms with E-state index < -0.39 is 11.6 Å². The maximum Gasteiger partial charge on any atom is 0.168 e. The molecule has 2 aromatic rings. The van der Waals surface area contributed by atoms with Gasteiger partial charge in [-0.3, -0.25) is 4.90 Å². The van der Waals surface area contributed by atoms with Crippen molar-refractivity contribution in [2.75, 3.05) is 13.1 Å². The average Bonchev–Trinajstić information content (AvgIpc) is 2.64. The van der Waals surface area contributed by atoms with Crippen molar-refractivity contribution in [3.63, 3.8) is 0 Å². The van der Waals surface area contributed by atoms with Crippen molar-refractivity contribution in [1.82, 2.24) is 4.90 Å². The van der Waals surface area contributed by atoms with Crippen molar-refractivity contribution in [2.24, 2.45) is 5.73 Å². The number of hydrogen-bond donors (Lipinski definition) is 1. The molecule has 1 aliphatic heterocycles. The van der Waals surface area contributed by atoms with Gasteiger partial charge in [-0.2, -0.15) is 0 Å². The number of nitrogens with zero attached hydrogens (tertiary/aromatic N) is 1. The minimum Gasteiger partial charge on any atom is -0.481 e. The van der Waals surface area contributed by atoms with Crippen LogP contribution in [-0.4, -0.2) is 30.1 Å². The second-order valence-corrected chi connectivity index (χ2v) is 7.32. The number of halogens is 2. The molecule has 1 saturated heterocycles. The van der Waals surface area contributed by atoms with Crippen LogP contribution in [0.4, 0.5) is 8.78 Å². The van der Waals surface area contributed by atoms with Gasteiger partial charge in [-0.05, 0) is 55.5 Å². The highest BCUT2D eigenvalue weighted by molar-refractivity contribution is 5.35. The van der Waals surface area contributed by atoms with Crippen molar-refractivity contribution in [1.29, 1.82) is 0 Å². The Labute approximate surface area is 152 Å². The molecule has 1 heterocycles. The highest BCUT2D eigenvalue weighted by Crippen LogP contribution is 2.38. The molecule has 3 nitrogen and oxygen atoms in total. The predicted octanol–water partition coefficient (Wildman–Crippen LogP) is 3.82.